The first-order valence-corrected chi connectivity index (χ1v) is 9.66. The summed E-state index contributed by atoms with van der Waals surface area (Å²) in [5.74, 6) is -1.54. The van der Waals surface area contributed by atoms with Gasteiger partial charge in [0.25, 0.3) is 0 Å². The highest BCUT2D eigenvalue weighted by Crippen LogP contribution is 2.34. The maximum absolute atomic E-state index is 11.8. The zero-order valence-electron chi connectivity index (χ0n) is 15.8. The molecule has 2 atom stereocenters. The average Bonchev–Trinajstić information content (AvgIpc) is 3.12. The molecule has 0 bridgehead atoms. The van der Waals surface area contributed by atoms with E-state index < -0.39 is 17.9 Å². The van der Waals surface area contributed by atoms with Crippen LogP contribution in [0.3, 0.4) is 0 Å². The van der Waals surface area contributed by atoms with E-state index in [2.05, 4.69) is 5.18 Å². The molecule has 2 unspecified atom stereocenters. The molecule has 0 aliphatic heterocycles. The van der Waals surface area contributed by atoms with Gasteiger partial charge in [-0.05, 0) is 48.6 Å². The Bertz CT molecular complexity index is 1150. The van der Waals surface area contributed by atoms with Gasteiger partial charge in [-0.15, -0.1) is 0 Å². The van der Waals surface area contributed by atoms with E-state index in [1.165, 1.54) is 0 Å². The van der Waals surface area contributed by atoms with Gasteiger partial charge in [0, 0.05) is 10.8 Å². The van der Waals surface area contributed by atoms with Crippen LogP contribution in [0.15, 0.2) is 82.4 Å². The number of carbonyl (C=O) groups is 1. The van der Waals surface area contributed by atoms with Gasteiger partial charge in [-0.25, -0.2) is 0 Å². The van der Waals surface area contributed by atoms with Gasteiger partial charge >= 0.3 is 5.97 Å². The molecule has 0 saturated heterocycles. The molecule has 1 aromatic heterocycles. The summed E-state index contributed by atoms with van der Waals surface area (Å²) in [5.41, 5.74) is 3.31. The molecule has 0 spiro atoms. The molecular weight excluding hydrogens is 366 g/mol. The molecule has 29 heavy (non-hydrogen) atoms. The van der Waals surface area contributed by atoms with Crippen LogP contribution in [0.1, 0.15) is 30.0 Å². The van der Waals surface area contributed by atoms with Crippen LogP contribution in [-0.4, -0.2) is 11.1 Å². The van der Waals surface area contributed by atoms with E-state index in [1.807, 2.05) is 66.7 Å². The second kappa shape index (κ2) is 8.27. The number of fused-ring (bicyclic) bond motifs is 3. The van der Waals surface area contributed by atoms with E-state index in [0.717, 1.165) is 27.5 Å². The fraction of sp³-hybridized carbons (Fsp3) is 0.208. The summed E-state index contributed by atoms with van der Waals surface area (Å²) >= 11 is 0. The average molecular weight is 387 g/mol. The van der Waals surface area contributed by atoms with E-state index in [0.29, 0.717) is 18.4 Å². The smallest absolute Gasteiger partial charge is 0.306 e. The minimum Gasteiger partial charge on any atom is -0.481 e. The third-order valence-corrected chi connectivity index (χ3v) is 5.39. The number of nitroso groups, excluding NO2 is 1. The predicted octanol–water partition coefficient (Wildman–Crippen LogP) is 6.12. The minimum atomic E-state index is -0.899. The summed E-state index contributed by atoms with van der Waals surface area (Å²) < 4.78 is 5.82. The second-order valence-corrected chi connectivity index (χ2v) is 7.27. The maximum atomic E-state index is 11.8. The van der Waals surface area contributed by atoms with Crippen molar-refractivity contribution in [3.05, 3.63) is 88.8 Å². The van der Waals surface area contributed by atoms with Gasteiger partial charge in [-0.1, -0.05) is 59.8 Å². The molecule has 0 amide bonds. The molecule has 146 valence electrons. The molecule has 5 nitrogen and oxygen atoms in total. The van der Waals surface area contributed by atoms with Gasteiger partial charge in [-0.3, -0.25) is 4.79 Å². The molecule has 0 saturated carbocycles. The van der Waals surface area contributed by atoms with Gasteiger partial charge in [0.1, 0.15) is 17.2 Å². The summed E-state index contributed by atoms with van der Waals surface area (Å²) in [5, 5.41) is 14.8. The van der Waals surface area contributed by atoms with E-state index >= 15 is 0 Å². The lowest BCUT2D eigenvalue weighted by atomic mass is 9.90. The molecule has 4 aromatic rings. The van der Waals surface area contributed by atoms with Crippen molar-refractivity contribution in [2.75, 3.05) is 0 Å². The molecule has 4 rings (SSSR count). The third-order valence-electron chi connectivity index (χ3n) is 5.39. The summed E-state index contributed by atoms with van der Waals surface area (Å²) in [6.07, 6.45) is 1.28. The summed E-state index contributed by atoms with van der Waals surface area (Å²) in [6, 6.07) is 22.3. The zero-order valence-corrected chi connectivity index (χ0v) is 15.8. The Morgan fingerprint density at radius 3 is 2.41 bits per heavy atom. The SMILES string of the molecule is O=NC(CC(CCc1ccccc1)C(=O)O)c1ccc2oc3ccccc3c2c1. The highest BCUT2D eigenvalue weighted by atomic mass is 16.4. The fourth-order valence-electron chi connectivity index (χ4n) is 3.79. The molecule has 0 aliphatic rings. The first kappa shape index (κ1) is 18.9. The minimum absolute atomic E-state index is 0.174. The van der Waals surface area contributed by atoms with Crippen LogP contribution in [0.5, 0.6) is 0 Å². The van der Waals surface area contributed by atoms with Crippen LogP contribution in [0.25, 0.3) is 21.9 Å². The normalized spacial score (nSPS) is 13.4. The monoisotopic (exact) mass is 387 g/mol. The van der Waals surface area contributed by atoms with Crippen molar-refractivity contribution in [2.45, 2.75) is 25.3 Å². The number of hydrogen-bond acceptors (Lipinski definition) is 4. The molecular formula is C24H21NO4. The number of furan rings is 1. The zero-order chi connectivity index (χ0) is 20.2. The van der Waals surface area contributed by atoms with Crippen LogP contribution in [0.4, 0.5) is 0 Å². The highest BCUT2D eigenvalue weighted by molar-refractivity contribution is 6.05. The molecule has 0 radical (unpaired) electrons. The topological polar surface area (TPSA) is 79.9 Å². The number of para-hydroxylation sites is 1. The Kier molecular flexibility index (Phi) is 5.38. The van der Waals surface area contributed by atoms with Crippen molar-refractivity contribution >= 4 is 27.9 Å². The fourth-order valence-corrected chi connectivity index (χ4v) is 3.79. The molecule has 1 heterocycles. The van der Waals surface area contributed by atoms with Crippen molar-refractivity contribution in [2.24, 2.45) is 11.1 Å². The quantitative estimate of drug-likeness (QED) is 0.370. The Morgan fingerprint density at radius 1 is 0.931 bits per heavy atom. The Balaban J connectivity index is 1.57. The second-order valence-electron chi connectivity index (χ2n) is 7.27. The van der Waals surface area contributed by atoms with Gasteiger partial charge in [0.05, 0.1) is 5.92 Å². The van der Waals surface area contributed by atoms with Gasteiger partial charge < -0.3 is 9.52 Å². The lowest BCUT2D eigenvalue weighted by Gasteiger charge is -2.16. The number of carboxylic acid groups (broad SMARTS) is 1. The molecule has 0 fully saturated rings. The van der Waals surface area contributed by atoms with Crippen LogP contribution in [-0.2, 0) is 11.2 Å². The summed E-state index contributed by atoms with van der Waals surface area (Å²) in [7, 11) is 0. The van der Waals surface area contributed by atoms with E-state index in [-0.39, 0.29) is 6.42 Å². The van der Waals surface area contributed by atoms with Crippen molar-refractivity contribution in [1.29, 1.82) is 0 Å². The first-order valence-electron chi connectivity index (χ1n) is 9.66. The Morgan fingerprint density at radius 2 is 1.66 bits per heavy atom. The van der Waals surface area contributed by atoms with Crippen LogP contribution < -0.4 is 0 Å². The number of rotatable bonds is 8. The maximum Gasteiger partial charge on any atom is 0.306 e. The van der Waals surface area contributed by atoms with Crippen LogP contribution in [0, 0.1) is 10.8 Å². The standard InChI is InChI=1S/C24H21NO4/c26-24(27)18(11-10-16-6-2-1-3-7-16)15-21(25-28)17-12-13-23-20(14-17)19-8-4-5-9-22(19)29-23/h1-9,12-14,18,21H,10-11,15H2,(H,26,27). The molecule has 1 N–H and O–H groups in total. The van der Waals surface area contributed by atoms with Gasteiger partial charge in [0.2, 0.25) is 0 Å². The Labute approximate surface area is 167 Å². The number of aryl methyl sites for hydroxylation is 1. The number of aliphatic carboxylic acids is 1. The van der Waals surface area contributed by atoms with E-state index in [4.69, 9.17) is 4.42 Å². The van der Waals surface area contributed by atoms with E-state index in [1.54, 1.807) is 6.07 Å². The summed E-state index contributed by atoms with van der Waals surface area (Å²) in [6.45, 7) is 0. The van der Waals surface area contributed by atoms with E-state index in [9.17, 15) is 14.8 Å². The van der Waals surface area contributed by atoms with Crippen molar-refractivity contribution in [3.63, 3.8) is 0 Å². The molecule has 5 heteroatoms. The van der Waals surface area contributed by atoms with Crippen molar-refractivity contribution < 1.29 is 14.3 Å². The van der Waals surface area contributed by atoms with Crippen molar-refractivity contribution in [1.82, 2.24) is 0 Å². The number of nitrogens with zero attached hydrogens (tertiary/aromatic N) is 1. The van der Waals surface area contributed by atoms with Crippen LogP contribution >= 0.6 is 0 Å². The highest BCUT2D eigenvalue weighted by Gasteiger charge is 2.25. The first-order chi connectivity index (χ1) is 14.2. The Hall–Kier alpha value is -3.47. The lowest BCUT2D eigenvalue weighted by Crippen LogP contribution is -2.17. The largest absolute Gasteiger partial charge is 0.481 e. The lowest BCUT2D eigenvalue weighted by molar-refractivity contribution is -0.142. The van der Waals surface area contributed by atoms with Crippen LogP contribution in [0.2, 0.25) is 0 Å². The number of hydrogen-bond donors (Lipinski definition) is 1. The van der Waals surface area contributed by atoms with Gasteiger partial charge in [-0.2, -0.15) is 4.91 Å². The molecule has 0 aliphatic carbocycles. The number of benzene rings is 3. The third kappa shape index (κ3) is 4.04. The van der Waals surface area contributed by atoms with Gasteiger partial charge in [0.15, 0.2) is 0 Å². The predicted molar refractivity (Wildman–Crippen MR) is 113 cm³/mol. The number of carboxylic acids is 1. The summed E-state index contributed by atoms with van der Waals surface area (Å²) in [4.78, 5) is 23.4. The van der Waals surface area contributed by atoms with Crippen molar-refractivity contribution in [3.8, 4) is 0 Å². The molecule has 3 aromatic carbocycles.